The van der Waals surface area contributed by atoms with Crippen molar-refractivity contribution in [3.8, 4) is 0 Å². The van der Waals surface area contributed by atoms with Gasteiger partial charge in [-0.1, -0.05) is 12.1 Å². The third-order valence-electron chi connectivity index (χ3n) is 4.91. The van der Waals surface area contributed by atoms with E-state index < -0.39 is 15.9 Å². The lowest BCUT2D eigenvalue weighted by molar-refractivity contribution is -0.128. The minimum Gasteiger partial charge on any atom is -0.366 e. The van der Waals surface area contributed by atoms with Crippen LogP contribution in [-0.4, -0.2) is 54.2 Å². The van der Waals surface area contributed by atoms with Crippen LogP contribution in [0.3, 0.4) is 0 Å². The summed E-state index contributed by atoms with van der Waals surface area (Å²) in [5, 5.41) is 0. The molecule has 3 aliphatic rings. The van der Waals surface area contributed by atoms with Crippen LogP contribution in [0.15, 0.2) is 52.6 Å². The maximum atomic E-state index is 13.1. The number of amidine groups is 1. The number of nitrogens with zero attached hydrogens (tertiary/aromatic N) is 3. The number of hydrogen-bond acceptors (Lipinski definition) is 5. The van der Waals surface area contributed by atoms with Gasteiger partial charge in [0.05, 0.1) is 11.3 Å². The van der Waals surface area contributed by atoms with Crippen LogP contribution in [0.4, 0.5) is 0 Å². The number of carbonyl (C=O) groups is 2. The Morgan fingerprint density at radius 1 is 1.18 bits per heavy atom. The molecular formula is C19H20N4O4S. The molecule has 1 fully saturated rings. The third kappa shape index (κ3) is 3.84. The molecule has 2 heterocycles. The van der Waals surface area contributed by atoms with Crippen LogP contribution in [0, 0.1) is 0 Å². The van der Waals surface area contributed by atoms with Gasteiger partial charge in [0.25, 0.3) is 15.9 Å². The molecule has 146 valence electrons. The van der Waals surface area contributed by atoms with E-state index in [-0.39, 0.29) is 24.2 Å². The van der Waals surface area contributed by atoms with E-state index in [1.54, 1.807) is 47.5 Å². The van der Waals surface area contributed by atoms with Crippen molar-refractivity contribution in [3.63, 3.8) is 0 Å². The van der Waals surface area contributed by atoms with Gasteiger partial charge in [-0.2, -0.15) is 0 Å². The van der Waals surface area contributed by atoms with E-state index in [1.807, 2.05) is 4.90 Å². The molecule has 0 aromatic heterocycles. The summed E-state index contributed by atoms with van der Waals surface area (Å²) in [5.41, 5.74) is 7.11. The fraction of sp³-hybridized carbons (Fsp3) is 0.316. The Morgan fingerprint density at radius 2 is 1.89 bits per heavy atom. The highest BCUT2D eigenvalue weighted by Crippen LogP contribution is 2.30. The Hall–Kier alpha value is -2.94. The monoisotopic (exact) mass is 400 g/mol. The molecule has 1 aromatic rings. The number of carbonyl (C=O) groups excluding carboxylic acids is 2. The normalized spacial score (nSPS) is 20.1. The number of amides is 2. The number of rotatable bonds is 5. The first-order chi connectivity index (χ1) is 13.3. The third-order valence-corrected chi connectivity index (χ3v) is 6.07. The van der Waals surface area contributed by atoms with Crippen molar-refractivity contribution in [2.24, 2.45) is 10.1 Å². The van der Waals surface area contributed by atoms with Crippen LogP contribution in [-0.2, 0) is 21.4 Å². The molecule has 1 aromatic carbocycles. The summed E-state index contributed by atoms with van der Waals surface area (Å²) in [4.78, 5) is 27.8. The largest absolute Gasteiger partial charge is 0.366 e. The lowest BCUT2D eigenvalue weighted by Gasteiger charge is -2.29. The van der Waals surface area contributed by atoms with Crippen molar-refractivity contribution in [3.05, 3.63) is 59.3 Å². The Labute approximate surface area is 163 Å². The molecule has 1 aliphatic carbocycles. The summed E-state index contributed by atoms with van der Waals surface area (Å²) in [6.45, 7) is 0.712. The maximum absolute atomic E-state index is 13.1. The summed E-state index contributed by atoms with van der Waals surface area (Å²) < 4.78 is 27.0. The van der Waals surface area contributed by atoms with E-state index >= 15 is 0 Å². The number of nitrogens with two attached hydrogens (primary N) is 1. The molecule has 1 saturated carbocycles. The van der Waals surface area contributed by atoms with Crippen molar-refractivity contribution in [2.75, 3.05) is 12.3 Å². The smallest absolute Gasteiger partial charge is 0.256 e. The summed E-state index contributed by atoms with van der Waals surface area (Å²) in [6.07, 6.45) is 6.76. The topological polar surface area (TPSA) is 113 Å². The van der Waals surface area contributed by atoms with E-state index in [2.05, 4.69) is 4.40 Å². The van der Waals surface area contributed by atoms with Crippen LogP contribution in [0.1, 0.15) is 28.8 Å². The average Bonchev–Trinajstić information content (AvgIpc) is 3.50. The summed E-state index contributed by atoms with van der Waals surface area (Å²) >= 11 is 0. The SMILES string of the molecule is NC(=O)c1ccc(CN(C(=O)C2=CN3CCS(=O)(=O)N=C3C=C2)C2CC2)cc1. The van der Waals surface area contributed by atoms with Gasteiger partial charge in [-0.3, -0.25) is 9.59 Å². The zero-order chi connectivity index (χ0) is 19.9. The van der Waals surface area contributed by atoms with Crippen LogP contribution < -0.4 is 5.73 Å². The quantitative estimate of drug-likeness (QED) is 0.784. The first kappa shape index (κ1) is 18.4. The average molecular weight is 400 g/mol. The summed E-state index contributed by atoms with van der Waals surface area (Å²) in [6, 6.07) is 7.10. The molecule has 0 radical (unpaired) electrons. The second-order valence-electron chi connectivity index (χ2n) is 7.07. The van der Waals surface area contributed by atoms with Crippen molar-refractivity contribution < 1.29 is 18.0 Å². The minimum atomic E-state index is -3.42. The van der Waals surface area contributed by atoms with Gasteiger partial charge in [-0.25, -0.2) is 8.42 Å². The van der Waals surface area contributed by atoms with Gasteiger partial charge in [0.15, 0.2) is 0 Å². The molecule has 0 unspecified atom stereocenters. The van der Waals surface area contributed by atoms with Crippen LogP contribution in [0.5, 0.6) is 0 Å². The van der Waals surface area contributed by atoms with Crippen molar-refractivity contribution in [2.45, 2.75) is 25.4 Å². The number of hydrogen-bond donors (Lipinski definition) is 1. The Balaban J connectivity index is 1.53. The van der Waals surface area contributed by atoms with Gasteiger partial charge < -0.3 is 15.5 Å². The predicted octanol–water partition coefficient (Wildman–Crippen LogP) is 0.774. The maximum Gasteiger partial charge on any atom is 0.256 e. The first-order valence-corrected chi connectivity index (χ1v) is 10.6. The molecule has 0 spiro atoms. The fourth-order valence-corrected chi connectivity index (χ4v) is 4.19. The first-order valence-electron chi connectivity index (χ1n) is 9.01. The van der Waals surface area contributed by atoms with E-state index in [0.29, 0.717) is 23.5 Å². The molecule has 9 heteroatoms. The lowest BCUT2D eigenvalue weighted by Crippen LogP contribution is -2.39. The number of primary amides is 1. The molecule has 2 N–H and O–H groups in total. The molecule has 4 rings (SSSR count). The Morgan fingerprint density at radius 3 is 2.54 bits per heavy atom. The molecular weight excluding hydrogens is 380 g/mol. The fourth-order valence-electron chi connectivity index (χ4n) is 3.22. The molecule has 2 amide bonds. The molecule has 0 saturated heterocycles. The van der Waals surface area contributed by atoms with Gasteiger partial charge >= 0.3 is 0 Å². The summed E-state index contributed by atoms with van der Waals surface area (Å²) in [7, 11) is -3.42. The van der Waals surface area contributed by atoms with Crippen molar-refractivity contribution in [1.82, 2.24) is 9.80 Å². The highest BCUT2D eigenvalue weighted by molar-refractivity contribution is 7.90. The number of sulfonamides is 1. The second-order valence-corrected chi connectivity index (χ2v) is 8.83. The lowest BCUT2D eigenvalue weighted by atomic mass is 10.1. The zero-order valence-electron chi connectivity index (χ0n) is 15.1. The molecule has 28 heavy (non-hydrogen) atoms. The van der Waals surface area contributed by atoms with Crippen LogP contribution in [0.25, 0.3) is 0 Å². The van der Waals surface area contributed by atoms with Gasteiger partial charge in [-0.05, 0) is 42.7 Å². The zero-order valence-corrected chi connectivity index (χ0v) is 15.9. The van der Waals surface area contributed by atoms with E-state index in [0.717, 1.165) is 18.4 Å². The second kappa shape index (κ2) is 6.90. The van der Waals surface area contributed by atoms with E-state index in [9.17, 15) is 18.0 Å². The van der Waals surface area contributed by atoms with Crippen LogP contribution >= 0.6 is 0 Å². The number of benzene rings is 1. The van der Waals surface area contributed by atoms with Gasteiger partial charge in [0.2, 0.25) is 5.91 Å². The minimum absolute atomic E-state index is 0.0686. The Bertz CT molecular complexity index is 1020. The Kier molecular flexibility index (Phi) is 4.54. The standard InChI is InChI=1S/C19H20N4O4S/c20-18(24)14-3-1-13(2-4-14)11-23(16-6-7-16)19(25)15-5-8-17-21-28(26,27)10-9-22(17)12-15/h1-5,8,12,16H,6-7,9-11H2,(H2,20,24). The van der Waals surface area contributed by atoms with Gasteiger partial charge in [0.1, 0.15) is 5.84 Å². The van der Waals surface area contributed by atoms with Gasteiger partial charge in [0, 0.05) is 30.9 Å². The van der Waals surface area contributed by atoms with Gasteiger partial charge in [-0.15, -0.1) is 4.40 Å². The highest BCUT2D eigenvalue weighted by atomic mass is 32.2. The molecule has 0 atom stereocenters. The van der Waals surface area contributed by atoms with Crippen LogP contribution in [0.2, 0.25) is 0 Å². The van der Waals surface area contributed by atoms with Crippen molar-refractivity contribution in [1.29, 1.82) is 0 Å². The van der Waals surface area contributed by atoms with E-state index in [1.165, 1.54) is 0 Å². The summed E-state index contributed by atoms with van der Waals surface area (Å²) in [5.74, 6) is -0.325. The predicted molar refractivity (Wildman–Crippen MR) is 104 cm³/mol. The van der Waals surface area contributed by atoms with Crippen molar-refractivity contribution >= 4 is 27.7 Å². The molecule has 8 nitrogen and oxygen atoms in total. The number of fused-ring (bicyclic) bond motifs is 1. The van der Waals surface area contributed by atoms with E-state index in [4.69, 9.17) is 5.73 Å². The molecule has 0 bridgehead atoms. The molecule has 2 aliphatic heterocycles. The highest BCUT2D eigenvalue weighted by Gasteiger charge is 2.34.